The minimum absolute atomic E-state index is 0.0385. The average molecular weight is 329 g/mol. The van der Waals surface area contributed by atoms with Gasteiger partial charge in [0.05, 0.1) is 12.1 Å². The molecule has 0 fully saturated rings. The van der Waals surface area contributed by atoms with Crippen molar-refractivity contribution >= 4 is 0 Å². The van der Waals surface area contributed by atoms with Gasteiger partial charge in [0.15, 0.2) is 0 Å². The Balaban J connectivity index is 1.67. The van der Waals surface area contributed by atoms with Crippen molar-refractivity contribution in [3.8, 4) is 0 Å². The predicted molar refractivity (Wildman–Crippen MR) is 101 cm³/mol. The maximum atomic E-state index is 10.8. The second-order valence-electron chi connectivity index (χ2n) is 6.79. The molecule has 0 spiro atoms. The maximum Gasteiger partial charge on any atom is 0.0777 e. The molecule has 2 atom stereocenters. The Morgan fingerprint density at radius 2 is 1.24 bits per heavy atom. The molecule has 0 saturated carbocycles. The van der Waals surface area contributed by atoms with Crippen LogP contribution in [0.5, 0.6) is 0 Å². The molecule has 3 aromatic carbocycles. The summed E-state index contributed by atoms with van der Waals surface area (Å²) < 4.78 is 0. The number of hydrogen-bond acceptors (Lipinski definition) is 2. The van der Waals surface area contributed by atoms with Gasteiger partial charge in [-0.15, -0.1) is 0 Å². The number of aliphatic hydroxyl groups is 1. The number of aliphatic hydroxyl groups excluding tert-OH is 1. The van der Waals surface area contributed by atoms with Crippen molar-refractivity contribution in [2.24, 2.45) is 0 Å². The Hall–Kier alpha value is -2.42. The molecule has 1 aliphatic rings. The van der Waals surface area contributed by atoms with E-state index in [1.165, 1.54) is 22.3 Å². The van der Waals surface area contributed by atoms with Gasteiger partial charge in [-0.2, -0.15) is 0 Å². The molecule has 0 amide bonds. The molecular formula is C23H23NO. The summed E-state index contributed by atoms with van der Waals surface area (Å²) in [6, 6.07) is 29.5. The monoisotopic (exact) mass is 329 g/mol. The van der Waals surface area contributed by atoms with E-state index in [0.717, 1.165) is 19.5 Å². The Kier molecular flexibility index (Phi) is 4.64. The topological polar surface area (TPSA) is 23.5 Å². The maximum absolute atomic E-state index is 10.8. The van der Waals surface area contributed by atoms with Crippen LogP contribution >= 0.6 is 0 Å². The van der Waals surface area contributed by atoms with E-state index < -0.39 is 0 Å². The van der Waals surface area contributed by atoms with Gasteiger partial charge in [-0.1, -0.05) is 84.9 Å². The summed E-state index contributed by atoms with van der Waals surface area (Å²) in [6.07, 6.45) is 0.380. The largest absolute Gasteiger partial charge is 0.391 e. The van der Waals surface area contributed by atoms with Crippen molar-refractivity contribution in [1.29, 1.82) is 0 Å². The summed E-state index contributed by atoms with van der Waals surface area (Å²) in [5.74, 6) is 0. The molecule has 0 heterocycles. The van der Waals surface area contributed by atoms with E-state index in [0.29, 0.717) is 0 Å². The second-order valence-corrected chi connectivity index (χ2v) is 6.79. The molecule has 0 aliphatic heterocycles. The lowest BCUT2D eigenvalue weighted by molar-refractivity contribution is 0.0511. The number of nitrogens with zero attached hydrogens (tertiary/aromatic N) is 1. The van der Waals surface area contributed by atoms with Crippen LogP contribution in [0.25, 0.3) is 0 Å². The molecular weight excluding hydrogens is 306 g/mol. The Labute approximate surface area is 149 Å². The first-order valence-electron chi connectivity index (χ1n) is 8.89. The zero-order valence-corrected chi connectivity index (χ0v) is 14.3. The van der Waals surface area contributed by atoms with E-state index >= 15 is 0 Å². The molecule has 1 aliphatic carbocycles. The Morgan fingerprint density at radius 1 is 0.720 bits per heavy atom. The van der Waals surface area contributed by atoms with Crippen molar-refractivity contribution in [2.45, 2.75) is 31.7 Å². The van der Waals surface area contributed by atoms with Gasteiger partial charge in [-0.3, -0.25) is 4.90 Å². The molecule has 0 saturated heterocycles. The number of benzene rings is 3. The summed E-state index contributed by atoms with van der Waals surface area (Å²) in [5.41, 5.74) is 5.08. The SMILES string of the molecule is O[C@H]1Cc2ccccc2[C@H]1N(Cc1ccccc1)Cc1ccccc1. The first kappa shape index (κ1) is 16.1. The highest BCUT2D eigenvalue weighted by molar-refractivity contribution is 5.37. The van der Waals surface area contributed by atoms with Crippen LogP contribution in [0.3, 0.4) is 0 Å². The standard InChI is InChI=1S/C23H23NO/c25-22-15-20-13-7-8-14-21(20)23(22)24(16-18-9-3-1-4-10-18)17-19-11-5-2-6-12-19/h1-14,22-23,25H,15-17H2/t22-,23+/m0/s1. The third kappa shape index (κ3) is 3.51. The molecule has 2 heteroatoms. The lowest BCUT2D eigenvalue weighted by Crippen LogP contribution is -2.33. The first-order valence-corrected chi connectivity index (χ1v) is 8.89. The van der Waals surface area contributed by atoms with E-state index in [-0.39, 0.29) is 12.1 Å². The van der Waals surface area contributed by atoms with Gasteiger partial charge in [0, 0.05) is 19.5 Å². The van der Waals surface area contributed by atoms with Crippen LogP contribution in [0.1, 0.15) is 28.3 Å². The summed E-state index contributed by atoms with van der Waals surface area (Å²) in [6.45, 7) is 1.65. The highest BCUT2D eigenvalue weighted by Gasteiger charge is 2.35. The molecule has 0 bridgehead atoms. The minimum atomic E-state index is -0.357. The molecule has 2 nitrogen and oxygen atoms in total. The highest BCUT2D eigenvalue weighted by Crippen LogP contribution is 2.37. The van der Waals surface area contributed by atoms with Gasteiger partial charge in [0.2, 0.25) is 0 Å². The second kappa shape index (κ2) is 7.22. The van der Waals surface area contributed by atoms with E-state index in [2.05, 4.69) is 77.7 Å². The fourth-order valence-electron chi connectivity index (χ4n) is 3.88. The van der Waals surface area contributed by atoms with E-state index in [1.807, 2.05) is 12.1 Å². The molecule has 4 rings (SSSR count). The predicted octanol–water partition coefficient (Wildman–Crippen LogP) is 4.35. The molecule has 126 valence electrons. The summed E-state index contributed by atoms with van der Waals surface area (Å²) in [7, 11) is 0. The zero-order chi connectivity index (χ0) is 17.1. The summed E-state index contributed by atoms with van der Waals surface area (Å²) >= 11 is 0. The Bertz CT molecular complexity index is 774. The third-order valence-corrected chi connectivity index (χ3v) is 5.02. The molecule has 0 radical (unpaired) electrons. The highest BCUT2D eigenvalue weighted by atomic mass is 16.3. The van der Waals surface area contributed by atoms with E-state index in [4.69, 9.17) is 0 Å². The lowest BCUT2D eigenvalue weighted by Gasteiger charge is -2.32. The minimum Gasteiger partial charge on any atom is -0.391 e. The normalized spacial score (nSPS) is 19.1. The van der Waals surface area contributed by atoms with Crippen LogP contribution in [0.15, 0.2) is 84.9 Å². The fourth-order valence-corrected chi connectivity index (χ4v) is 3.88. The van der Waals surface area contributed by atoms with Crippen molar-refractivity contribution < 1.29 is 5.11 Å². The number of rotatable bonds is 5. The molecule has 0 aromatic heterocycles. The molecule has 1 N–H and O–H groups in total. The first-order chi connectivity index (χ1) is 12.3. The smallest absolute Gasteiger partial charge is 0.0777 e. The molecule has 0 unspecified atom stereocenters. The summed E-state index contributed by atoms with van der Waals surface area (Å²) in [5, 5.41) is 10.8. The van der Waals surface area contributed by atoms with E-state index in [1.54, 1.807) is 0 Å². The van der Waals surface area contributed by atoms with Crippen LogP contribution < -0.4 is 0 Å². The quantitative estimate of drug-likeness (QED) is 0.752. The molecule has 25 heavy (non-hydrogen) atoms. The van der Waals surface area contributed by atoms with Crippen LogP contribution in [-0.4, -0.2) is 16.1 Å². The van der Waals surface area contributed by atoms with Gasteiger partial charge in [-0.25, -0.2) is 0 Å². The third-order valence-electron chi connectivity index (χ3n) is 5.02. The Morgan fingerprint density at radius 3 is 1.84 bits per heavy atom. The number of hydrogen-bond donors (Lipinski definition) is 1. The van der Waals surface area contributed by atoms with E-state index in [9.17, 15) is 5.11 Å². The van der Waals surface area contributed by atoms with Crippen molar-refractivity contribution in [1.82, 2.24) is 4.90 Å². The van der Waals surface area contributed by atoms with Crippen molar-refractivity contribution in [3.05, 3.63) is 107 Å². The van der Waals surface area contributed by atoms with Crippen LogP contribution in [0, 0.1) is 0 Å². The van der Waals surface area contributed by atoms with Gasteiger partial charge < -0.3 is 5.11 Å². The summed E-state index contributed by atoms with van der Waals surface area (Å²) in [4.78, 5) is 2.40. The van der Waals surface area contributed by atoms with Gasteiger partial charge in [-0.05, 0) is 22.3 Å². The van der Waals surface area contributed by atoms with Crippen molar-refractivity contribution in [3.63, 3.8) is 0 Å². The van der Waals surface area contributed by atoms with Gasteiger partial charge in [0.1, 0.15) is 0 Å². The average Bonchev–Trinajstić information content (AvgIpc) is 2.98. The van der Waals surface area contributed by atoms with Gasteiger partial charge in [0.25, 0.3) is 0 Å². The lowest BCUT2D eigenvalue weighted by atomic mass is 10.0. The fraction of sp³-hybridized carbons (Fsp3) is 0.217. The number of fused-ring (bicyclic) bond motifs is 1. The van der Waals surface area contributed by atoms with Crippen LogP contribution in [-0.2, 0) is 19.5 Å². The molecule has 3 aromatic rings. The van der Waals surface area contributed by atoms with Crippen LogP contribution in [0.4, 0.5) is 0 Å². The van der Waals surface area contributed by atoms with Crippen LogP contribution in [0.2, 0.25) is 0 Å². The van der Waals surface area contributed by atoms with Crippen molar-refractivity contribution in [2.75, 3.05) is 0 Å². The van der Waals surface area contributed by atoms with Gasteiger partial charge >= 0.3 is 0 Å². The zero-order valence-electron chi connectivity index (χ0n) is 14.3.